The van der Waals surface area contributed by atoms with Gasteiger partial charge in [0.05, 0.1) is 6.61 Å². The molecule has 0 spiro atoms. The zero-order valence-electron chi connectivity index (χ0n) is 16.4. The van der Waals surface area contributed by atoms with Crippen molar-refractivity contribution in [3.05, 3.63) is 35.9 Å². The van der Waals surface area contributed by atoms with Crippen LogP contribution < -0.4 is 5.32 Å². The van der Waals surface area contributed by atoms with Gasteiger partial charge in [0.25, 0.3) is 0 Å². The molecule has 1 atom stereocenters. The van der Waals surface area contributed by atoms with Crippen molar-refractivity contribution in [2.45, 2.75) is 51.7 Å². The molecule has 1 fully saturated rings. The second-order valence-electron chi connectivity index (χ2n) is 7.54. The minimum atomic E-state index is -0.364. The quantitative estimate of drug-likeness (QED) is 0.731. The van der Waals surface area contributed by atoms with Gasteiger partial charge < -0.3 is 20.1 Å². The van der Waals surface area contributed by atoms with Crippen LogP contribution in [-0.2, 0) is 16.1 Å². The van der Waals surface area contributed by atoms with E-state index in [-0.39, 0.29) is 37.2 Å². The maximum absolute atomic E-state index is 12.2. The van der Waals surface area contributed by atoms with Crippen molar-refractivity contribution < 1.29 is 19.4 Å². The van der Waals surface area contributed by atoms with Crippen LogP contribution in [0.2, 0.25) is 0 Å². The molecule has 27 heavy (non-hydrogen) atoms. The number of hydrogen-bond acceptors (Lipinski definition) is 4. The van der Waals surface area contributed by atoms with Crippen LogP contribution in [0.15, 0.2) is 30.3 Å². The number of carbonyl (C=O) groups is 2. The number of ether oxygens (including phenoxy) is 1. The number of aliphatic hydroxyl groups is 1. The van der Waals surface area contributed by atoms with Gasteiger partial charge in [-0.05, 0) is 43.6 Å². The molecule has 1 aromatic carbocycles. The van der Waals surface area contributed by atoms with Crippen molar-refractivity contribution in [2.24, 2.45) is 11.8 Å². The summed E-state index contributed by atoms with van der Waals surface area (Å²) >= 11 is 0. The van der Waals surface area contributed by atoms with E-state index in [0.29, 0.717) is 12.5 Å². The van der Waals surface area contributed by atoms with Gasteiger partial charge in [0.15, 0.2) is 0 Å². The van der Waals surface area contributed by atoms with Gasteiger partial charge in [-0.2, -0.15) is 0 Å². The summed E-state index contributed by atoms with van der Waals surface area (Å²) in [5.41, 5.74) is 0.973. The van der Waals surface area contributed by atoms with Gasteiger partial charge in [0, 0.05) is 25.6 Å². The number of benzene rings is 1. The summed E-state index contributed by atoms with van der Waals surface area (Å²) in [5.74, 6) is 0.561. The normalized spacial score (nSPS) is 20.6. The Hall–Kier alpha value is -2.08. The average Bonchev–Trinajstić information content (AvgIpc) is 2.68. The van der Waals surface area contributed by atoms with Crippen LogP contribution in [0.3, 0.4) is 0 Å². The second kappa shape index (κ2) is 10.9. The number of likely N-dealkylation sites (N-methyl/N-ethyl adjacent to an activating group) is 1. The van der Waals surface area contributed by atoms with Gasteiger partial charge in [-0.15, -0.1) is 0 Å². The monoisotopic (exact) mass is 376 g/mol. The molecule has 2 amide bonds. The Balaban J connectivity index is 1.66. The highest BCUT2D eigenvalue weighted by atomic mass is 16.5. The molecule has 2 N–H and O–H groups in total. The molecule has 150 valence electrons. The molecule has 0 saturated heterocycles. The summed E-state index contributed by atoms with van der Waals surface area (Å²) < 4.78 is 5.28. The van der Waals surface area contributed by atoms with Crippen LogP contribution in [0.5, 0.6) is 0 Å². The Morgan fingerprint density at radius 3 is 2.52 bits per heavy atom. The van der Waals surface area contributed by atoms with Crippen molar-refractivity contribution in [3.63, 3.8) is 0 Å². The van der Waals surface area contributed by atoms with Gasteiger partial charge in [0.2, 0.25) is 5.91 Å². The van der Waals surface area contributed by atoms with E-state index in [2.05, 4.69) is 5.32 Å². The van der Waals surface area contributed by atoms with Crippen LogP contribution >= 0.6 is 0 Å². The van der Waals surface area contributed by atoms with Gasteiger partial charge in [0.1, 0.15) is 6.61 Å². The first-order valence-electron chi connectivity index (χ1n) is 9.82. The Kier molecular flexibility index (Phi) is 8.58. The van der Waals surface area contributed by atoms with Gasteiger partial charge in [-0.3, -0.25) is 4.79 Å². The van der Waals surface area contributed by atoms with E-state index in [9.17, 15) is 9.59 Å². The van der Waals surface area contributed by atoms with Crippen molar-refractivity contribution in [2.75, 3.05) is 20.2 Å². The molecule has 1 aromatic rings. The van der Waals surface area contributed by atoms with Crippen molar-refractivity contribution in [3.8, 4) is 0 Å². The molecule has 6 nitrogen and oxygen atoms in total. The Bertz CT molecular complexity index is 585. The number of aliphatic hydroxyl groups excluding tert-OH is 1. The molecule has 2 rings (SSSR count). The van der Waals surface area contributed by atoms with E-state index in [0.717, 1.165) is 37.7 Å². The van der Waals surface area contributed by atoms with Gasteiger partial charge in [-0.25, -0.2) is 4.79 Å². The van der Waals surface area contributed by atoms with E-state index in [1.807, 2.05) is 37.3 Å². The fourth-order valence-corrected chi connectivity index (χ4v) is 3.71. The highest BCUT2D eigenvalue weighted by molar-refractivity contribution is 5.78. The molecule has 1 aliphatic rings. The van der Waals surface area contributed by atoms with Crippen LogP contribution in [0.1, 0.15) is 44.6 Å². The maximum atomic E-state index is 12.2. The lowest BCUT2D eigenvalue weighted by Gasteiger charge is -2.31. The fourth-order valence-electron chi connectivity index (χ4n) is 3.71. The lowest BCUT2D eigenvalue weighted by molar-refractivity contribution is -0.134. The van der Waals surface area contributed by atoms with Crippen molar-refractivity contribution in [1.82, 2.24) is 10.2 Å². The third-order valence-electron chi connectivity index (χ3n) is 5.30. The summed E-state index contributed by atoms with van der Waals surface area (Å²) in [6.07, 6.45) is 4.34. The van der Waals surface area contributed by atoms with Gasteiger partial charge >= 0.3 is 6.09 Å². The summed E-state index contributed by atoms with van der Waals surface area (Å²) in [6.45, 7) is 2.61. The molecule has 0 aromatic heterocycles. The minimum Gasteiger partial charge on any atom is -0.445 e. The minimum absolute atomic E-state index is 0.00783. The van der Waals surface area contributed by atoms with Gasteiger partial charge in [-0.1, -0.05) is 37.3 Å². The summed E-state index contributed by atoms with van der Waals surface area (Å²) in [5, 5.41) is 11.9. The number of rotatable bonds is 8. The maximum Gasteiger partial charge on any atom is 0.407 e. The molecular weight excluding hydrogens is 344 g/mol. The third kappa shape index (κ3) is 7.21. The number of amides is 2. The SMILES string of the molecule is CC(CC1CCC(NC(=O)OCc2ccccc2)CC1)C(=O)N(C)CCO. The average molecular weight is 376 g/mol. The first-order chi connectivity index (χ1) is 13.0. The van der Waals surface area contributed by atoms with Crippen LogP contribution in [-0.4, -0.2) is 48.2 Å². The van der Waals surface area contributed by atoms with E-state index in [4.69, 9.17) is 9.84 Å². The third-order valence-corrected chi connectivity index (χ3v) is 5.30. The number of alkyl carbamates (subject to hydrolysis) is 1. The summed E-state index contributed by atoms with van der Waals surface area (Å²) in [4.78, 5) is 25.8. The predicted octanol–water partition coefficient (Wildman–Crippen LogP) is 2.95. The van der Waals surface area contributed by atoms with E-state index >= 15 is 0 Å². The highest BCUT2D eigenvalue weighted by Crippen LogP contribution is 2.30. The second-order valence-corrected chi connectivity index (χ2v) is 7.54. The Morgan fingerprint density at radius 2 is 1.89 bits per heavy atom. The number of nitrogens with zero attached hydrogens (tertiary/aromatic N) is 1. The molecule has 1 unspecified atom stereocenters. The topological polar surface area (TPSA) is 78.9 Å². The largest absolute Gasteiger partial charge is 0.445 e. The van der Waals surface area contributed by atoms with E-state index < -0.39 is 0 Å². The van der Waals surface area contributed by atoms with Crippen molar-refractivity contribution >= 4 is 12.0 Å². The van der Waals surface area contributed by atoms with Crippen LogP contribution in [0, 0.1) is 11.8 Å². The van der Waals surface area contributed by atoms with E-state index in [1.165, 1.54) is 0 Å². The zero-order valence-corrected chi connectivity index (χ0v) is 16.4. The molecule has 0 bridgehead atoms. The molecule has 1 saturated carbocycles. The van der Waals surface area contributed by atoms with Crippen molar-refractivity contribution in [1.29, 1.82) is 0 Å². The Labute approximate surface area is 161 Å². The number of hydrogen-bond donors (Lipinski definition) is 2. The van der Waals surface area contributed by atoms with Crippen LogP contribution in [0.4, 0.5) is 4.79 Å². The predicted molar refractivity (Wildman–Crippen MR) is 104 cm³/mol. The lowest BCUT2D eigenvalue weighted by atomic mass is 9.81. The molecule has 0 radical (unpaired) electrons. The summed E-state index contributed by atoms with van der Waals surface area (Å²) in [6, 6.07) is 9.78. The summed E-state index contributed by atoms with van der Waals surface area (Å²) in [7, 11) is 1.73. The zero-order chi connectivity index (χ0) is 19.6. The standard InChI is InChI=1S/C21H32N2O4/c1-16(20(25)23(2)12-13-24)14-17-8-10-19(11-9-17)22-21(26)27-15-18-6-4-3-5-7-18/h3-7,16-17,19,24H,8-15H2,1-2H3,(H,22,26). The van der Waals surface area contributed by atoms with E-state index in [1.54, 1.807) is 11.9 Å². The lowest BCUT2D eigenvalue weighted by Crippen LogP contribution is -2.39. The molecule has 1 aliphatic carbocycles. The highest BCUT2D eigenvalue weighted by Gasteiger charge is 2.27. The molecule has 0 aliphatic heterocycles. The van der Waals surface area contributed by atoms with Crippen LogP contribution in [0.25, 0.3) is 0 Å². The molecule has 6 heteroatoms. The molecular formula is C21H32N2O4. The first kappa shape index (κ1) is 21.2. The smallest absolute Gasteiger partial charge is 0.407 e. The molecule has 0 heterocycles. The first-order valence-corrected chi connectivity index (χ1v) is 9.82. The fraction of sp³-hybridized carbons (Fsp3) is 0.619. The number of carbonyl (C=O) groups excluding carboxylic acids is 2. The number of nitrogens with one attached hydrogen (secondary N) is 1. The Morgan fingerprint density at radius 1 is 1.22 bits per heavy atom.